The van der Waals surface area contributed by atoms with Crippen LogP contribution in [0.25, 0.3) is 32.9 Å². The third kappa shape index (κ3) is 7.26. The Morgan fingerprint density at radius 2 is 1.86 bits per heavy atom. The first-order valence-corrected chi connectivity index (χ1v) is 21.0. The Morgan fingerprint density at radius 1 is 1.05 bits per heavy atom. The van der Waals surface area contributed by atoms with Crippen molar-refractivity contribution in [2.45, 2.75) is 110 Å². The number of rotatable bonds is 10. The van der Waals surface area contributed by atoms with Crippen LogP contribution in [0.3, 0.4) is 0 Å². The number of methoxy groups -OCH3 is 1. The van der Waals surface area contributed by atoms with Crippen LogP contribution in [-0.4, -0.2) is 120 Å². The number of halogens is 2. The maximum Gasteiger partial charge on any atom is 0.410 e. The maximum atomic E-state index is 17.8. The molecule has 5 atom stereocenters. The maximum absolute atomic E-state index is 17.8. The van der Waals surface area contributed by atoms with Gasteiger partial charge in [-0.15, -0.1) is 0 Å². The summed E-state index contributed by atoms with van der Waals surface area (Å²) in [5, 5.41) is 1.48. The summed E-state index contributed by atoms with van der Waals surface area (Å²) in [6, 6.07) is 6.04. The lowest BCUT2D eigenvalue weighted by molar-refractivity contribution is -0.0134. The molecule has 2 bridgehead atoms. The molecule has 59 heavy (non-hydrogen) atoms. The van der Waals surface area contributed by atoms with Gasteiger partial charge in [0, 0.05) is 43.8 Å². The van der Waals surface area contributed by atoms with Crippen LogP contribution in [0.15, 0.2) is 24.3 Å². The Balaban J connectivity index is 1.19. The molecular formula is C44H54F2N6O7. The summed E-state index contributed by atoms with van der Waals surface area (Å²) in [6.45, 7) is 15.4. The van der Waals surface area contributed by atoms with Gasteiger partial charge < -0.3 is 33.3 Å². The van der Waals surface area contributed by atoms with Crippen molar-refractivity contribution >= 4 is 33.6 Å². The monoisotopic (exact) mass is 816 g/mol. The molecule has 9 rings (SSSR count). The zero-order valence-electron chi connectivity index (χ0n) is 35.0. The molecule has 316 valence electrons. The predicted molar refractivity (Wildman–Crippen MR) is 217 cm³/mol. The van der Waals surface area contributed by atoms with Crippen LogP contribution in [0, 0.1) is 17.0 Å². The molecule has 15 heteroatoms. The normalized spacial score (nSPS) is 24.8. The average molecular weight is 817 g/mol. The van der Waals surface area contributed by atoms with Gasteiger partial charge in [-0.05, 0) is 101 Å². The van der Waals surface area contributed by atoms with E-state index in [9.17, 15) is 4.79 Å². The van der Waals surface area contributed by atoms with Gasteiger partial charge in [-0.2, -0.15) is 9.97 Å². The molecule has 5 aliphatic rings. The number of morpholine rings is 1. The fourth-order valence-electron chi connectivity index (χ4n) is 9.66. The standard InChI is InChI=1S/C44H54F2N6O7/c1-8-29-31(45)11-9-26-17-28(57-23-54-7)18-30(33(26)29)36-35(46)37-34-39(49-41(48-37)56-22-44(13-14-44)21-50-15-16-55-20-24(50)2)51-19-27-10-12-32(38(51)25(3)58-40(34)47-36)52(27)42(53)59-43(4,5)6/h9,11,17-18,24-25,27,32,38H,8,10,12-16,19-23H2,1-7H3/t24-,25-,27+,32-,38+/m0/s1. The molecule has 1 amide bonds. The van der Waals surface area contributed by atoms with Crippen LogP contribution >= 0.6 is 0 Å². The quantitative estimate of drug-likeness (QED) is 0.150. The fourth-order valence-corrected chi connectivity index (χ4v) is 9.66. The first-order chi connectivity index (χ1) is 28.3. The Hall–Kier alpha value is -4.60. The third-order valence-electron chi connectivity index (χ3n) is 12.7. The number of nitrogens with zero attached hydrogens (tertiary/aromatic N) is 6. The minimum Gasteiger partial charge on any atom is -0.472 e. The Kier molecular flexibility index (Phi) is 10.2. The number of piperazine rings is 1. The van der Waals surface area contributed by atoms with Crippen molar-refractivity contribution in [1.29, 1.82) is 0 Å². The highest BCUT2D eigenvalue weighted by Gasteiger charge is 2.54. The Bertz CT molecular complexity index is 2280. The van der Waals surface area contributed by atoms with Crippen LogP contribution in [0.2, 0.25) is 0 Å². The highest BCUT2D eigenvalue weighted by molar-refractivity contribution is 6.03. The fraction of sp³-hybridized carbons (Fsp3) is 0.591. The molecule has 4 aliphatic heterocycles. The van der Waals surface area contributed by atoms with E-state index in [0.717, 1.165) is 38.8 Å². The van der Waals surface area contributed by atoms with Gasteiger partial charge in [0.2, 0.25) is 5.88 Å². The van der Waals surface area contributed by atoms with Gasteiger partial charge in [0.1, 0.15) is 45.7 Å². The minimum absolute atomic E-state index is 0.0165. The van der Waals surface area contributed by atoms with Crippen molar-refractivity contribution < 1.29 is 42.0 Å². The number of carbonyl (C=O) groups is 1. The van der Waals surface area contributed by atoms with E-state index < -0.39 is 23.3 Å². The van der Waals surface area contributed by atoms with E-state index in [4.69, 9.17) is 43.4 Å². The lowest BCUT2D eigenvalue weighted by Gasteiger charge is -2.48. The van der Waals surface area contributed by atoms with E-state index >= 15 is 8.78 Å². The van der Waals surface area contributed by atoms with E-state index in [1.54, 1.807) is 18.2 Å². The van der Waals surface area contributed by atoms with Gasteiger partial charge in [0.05, 0.1) is 37.9 Å². The number of fused-ring (bicyclic) bond motifs is 6. The molecule has 2 aromatic carbocycles. The molecule has 3 saturated heterocycles. The van der Waals surface area contributed by atoms with Gasteiger partial charge in [-0.1, -0.05) is 13.0 Å². The summed E-state index contributed by atoms with van der Waals surface area (Å²) >= 11 is 0. The van der Waals surface area contributed by atoms with E-state index in [0.29, 0.717) is 77.7 Å². The number of anilines is 1. The van der Waals surface area contributed by atoms with Crippen molar-refractivity contribution in [2.75, 3.05) is 58.3 Å². The highest BCUT2D eigenvalue weighted by atomic mass is 19.1. The summed E-state index contributed by atoms with van der Waals surface area (Å²) in [5.74, 6) is -0.135. The van der Waals surface area contributed by atoms with Crippen LogP contribution in [0.1, 0.15) is 72.8 Å². The van der Waals surface area contributed by atoms with E-state index in [1.165, 1.54) is 13.2 Å². The van der Waals surface area contributed by atoms with Crippen LogP contribution in [0.5, 0.6) is 17.6 Å². The summed E-state index contributed by atoms with van der Waals surface area (Å²) < 4.78 is 69.3. The number of aromatic nitrogens is 3. The average Bonchev–Trinajstić information content (AvgIpc) is 3.92. The lowest BCUT2D eigenvalue weighted by Crippen LogP contribution is -2.65. The lowest BCUT2D eigenvalue weighted by atomic mass is 9.94. The molecule has 13 nitrogen and oxygen atoms in total. The zero-order valence-corrected chi connectivity index (χ0v) is 35.0. The second kappa shape index (κ2) is 15.1. The predicted octanol–water partition coefficient (Wildman–Crippen LogP) is 7.29. The number of hydrogen-bond donors (Lipinski definition) is 0. The molecule has 4 fully saturated rings. The molecular weight excluding hydrogens is 763 g/mol. The van der Waals surface area contributed by atoms with Crippen LogP contribution in [-0.2, 0) is 20.6 Å². The van der Waals surface area contributed by atoms with Crippen LogP contribution in [0.4, 0.5) is 19.4 Å². The van der Waals surface area contributed by atoms with Gasteiger partial charge >= 0.3 is 12.1 Å². The van der Waals surface area contributed by atoms with Gasteiger partial charge in [-0.3, -0.25) is 9.80 Å². The molecule has 0 spiro atoms. The molecule has 0 unspecified atom stereocenters. The number of amides is 1. The van der Waals surface area contributed by atoms with Crippen molar-refractivity contribution in [2.24, 2.45) is 5.41 Å². The van der Waals surface area contributed by atoms with Crippen molar-refractivity contribution in [3.05, 3.63) is 41.5 Å². The molecule has 2 aromatic heterocycles. The number of hydrogen-bond acceptors (Lipinski definition) is 12. The van der Waals surface area contributed by atoms with E-state index in [1.807, 2.05) is 39.5 Å². The smallest absolute Gasteiger partial charge is 0.410 e. The Morgan fingerprint density at radius 3 is 2.59 bits per heavy atom. The number of aryl methyl sites for hydroxylation is 1. The molecule has 0 N–H and O–H groups in total. The largest absolute Gasteiger partial charge is 0.472 e. The van der Waals surface area contributed by atoms with E-state index in [2.05, 4.69) is 16.7 Å². The second-order valence-corrected chi connectivity index (χ2v) is 18.0. The topological polar surface area (TPSA) is 121 Å². The SMILES string of the molecule is CCc1c(F)ccc2cc(OCOC)cc(-c3nc4c5c(nc(OCC6(CN7CCOC[C@@H]7C)CC6)nc5c3F)N3C[C@H]5CC[C@@H]([C@H]3[C@H](C)O4)N5C(=O)OC(C)(C)C)c12. The summed E-state index contributed by atoms with van der Waals surface area (Å²) in [7, 11) is 1.51. The zero-order chi connectivity index (χ0) is 41.4. The van der Waals surface area contributed by atoms with Gasteiger partial charge in [0.25, 0.3) is 0 Å². The number of pyridine rings is 1. The molecule has 4 aromatic rings. The summed E-state index contributed by atoms with van der Waals surface area (Å²) in [5.41, 5.74) is -0.0886. The van der Waals surface area contributed by atoms with E-state index in [-0.39, 0.29) is 59.5 Å². The summed E-state index contributed by atoms with van der Waals surface area (Å²) in [4.78, 5) is 35.0. The number of carbonyl (C=O) groups excluding carboxylic acids is 1. The second-order valence-electron chi connectivity index (χ2n) is 18.0. The van der Waals surface area contributed by atoms with Crippen molar-refractivity contribution in [3.8, 4) is 28.9 Å². The minimum atomic E-state index is -0.720. The first-order valence-electron chi connectivity index (χ1n) is 21.0. The van der Waals surface area contributed by atoms with Crippen molar-refractivity contribution in [1.82, 2.24) is 24.8 Å². The molecule has 0 radical (unpaired) electrons. The molecule has 6 heterocycles. The number of benzene rings is 2. The molecule has 1 aliphatic carbocycles. The van der Waals surface area contributed by atoms with Gasteiger partial charge in [0.15, 0.2) is 12.6 Å². The van der Waals surface area contributed by atoms with Gasteiger partial charge in [-0.25, -0.2) is 18.6 Å². The third-order valence-corrected chi connectivity index (χ3v) is 12.7. The first kappa shape index (κ1) is 39.8. The van der Waals surface area contributed by atoms with Crippen molar-refractivity contribution in [3.63, 3.8) is 0 Å². The highest BCUT2D eigenvalue weighted by Crippen LogP contribution is 2.49. The van der Waals surface area contributed by atoms with Crippen LogP contribution < -0.4 is 19.1 Å². The Labute approximate surface area is 343 Å². The molecule has 1 saturated carbocycles. The summed E-state index contributed by atoms with van der Waals surface area (Å²) in [6.07, 6.45) is 2.95. The number of ether oxygens (including phenoxy) is 6.